The van der Waals surface area contributed by atoms with Crippen molar-refractivity contribution in [1.82, 2.24) is 15.1 Å². The van der Waals surface area contributed by atoms with Crippen molar-refractivity contribution in [3.8, 4) is 0 Å². The molecule has 6 heteroatoms. The molecule has 1 N–H and O–H groups in total. The summed E-state index contributed by atoms with van der Waals surface area (Å²) in [6.07, 6.45) is 1.40. The molecular weight excluding hydrogens is 222 g/mol. The Morgan fingerprint density at radius 3 is 2.47 bits per heavy atom. The summed E-state index contributed by atoms with van der Waals surface area (Å²) in [5.74, 6) is -0.142. The van der Waals surface area contributed by atoms with Crippen molar-refractivity contribution in [2.24, 2.45) is 0 Å². The maximum absolute atomic E-state index is 11.9. The highest BCUT2D eigenvalue weighted by Crippen LogP contribution is 2.31. The summed E-state index contributed by atoms with van der Waals surface area (Å²) in [7, 11) is 3.38. The second-order valence-electron chi connectivity index (χ2n) is 4.68. The molecule has 6 nitrogen and oxygen atoms in total. The minimum Gasteiger partial charge on any atom is -0.383 e. The predicted octanol–water partition coefficient (Wildman–Crippen LogP) is -0.351. The molecule has 17 heavy (non-hydrogen) atoms. The molecule has 0 aliphatic carbocycles. The van der Waals surface area contributed by atoms with Crippen LogP contribution >= 0.6 is 0 Å². The van der Waals surface area contributed by atoms with Crippen LogP contribution in [0.3, 0.4) is 0 Å². The van der Waals surface area contributed by atoms with Gasteiger partial charge in [0.05, 0.1) is 6.61 Å². The number of rotatable bonds is 3. The summed E-state index contributed by atoms with van der Waals surface area (Å²) in [6.45, 7) is 3.24. The molecule has 0 unspecified atom stereocenters. The Labute approximate surface area is 101 Å². The van der Waals surface area contributed by atoms with Crippen molar-refractivity contribution >= 4 is 11.9 Å². The molecule has 1 spiro atoms. The van der Waals surface area contributed by atoms with E-state index in [0.29, 0.717) is 19.4 Å². The number of nitrogens with one attached hydrogen (secondary N) is 1. The van der Waals surface area contributed by atoms with Crippen molar-refractivity contribution in [3.05, 3.63) is 0 Å². The molecule has 0 bridgehead atoms. The highest BCUT2D eigenvalue weighted by Gasteiger charge is 2.52. The van der Waals surface area contributed by atoms with Gasteiger partial charge in [0.25, 0.3) is 5.91 Å². The van der Waals surface area contributed by atoms with Crippen LogP contribution < -0.4 is 5.32 Å². The van der Waals surface area contributed by atoms with Crippen molar-refractivity contribution < 1.29 is 14.3 Å². The van der Waals surface area contributed by atoms with E-state index in [1.807, 2.05) is 0 Å². The van der Waals surface area contributed by atoms with Crippen LogP contribution in [-0.2, 0) is 9.53 Å². The number of hydrogen-bond acceptors (Lipinski definition) is 4. The number of likely N-dealkylation sites (tertiary alicyclic amines) is 1. The van der Waals surface area contributed by atoms with E-state index in [-0.39, 0.29) is 11.9 Å². The third-order valence-electron chi connectivity index (χ3n) is 3.88. The van der Waals surface area contributed by atoms with Gasteiger partial charge in [0.15, 0.2) is 0 Å². The van der Waals surface area contributed by atoms with Gasteiger partial charge >= 0.3 is 6.03 Å². The van der Waals surface area contributed by atoms with Crippen molar-refractivity contribution in [3.63, 3.8) is 0 Å². The number of carbonyl (C=O) groups excluding carboxylic acids is 2. The first-order valence-electron chi connectivity index (χ1n) is 5.91. The van der Waals surface area contributed by atoms with E-state index in [9.17, 15) is 9.59 Å². The second kappa shape index (κ2) is 4.62. The zero-order chi connectivity index (χ0) is 12.5. The quantitative estimate of drug-likeness (QED) is 0.686. The van der Waals surface area contributed by atoms with E-state index in [0.717, 1.165) is 19.6 Å². The summed E-state index contributed by atoms with van der Waals surface area (Å²) in [5, 5.41) is 2.39. The van der Waals surface area contributed by atoms with Crippen LogP contribution in [0.2, 0.25) is 0 Å². The Hall–Kier alpha value is -1.14. The molecule has 0 atom stereocenters. The zero-order valence-electron chi connectivity index (χ0n) is 10.4. The van der Waals surface area contributed by atoms with Gasteiger partial charge in [-0.25, -0.2) is 4.79 Å². The molecule has 0 aromatic heterocycles. The first-order valence-corrected chi connectivity index (χ1v) is 5.91. The van der Waals surface area contributed by atoms with Crippen LogP contribution in [0.5, 0.6) is 0 Å². The number of nitrogens with zero attached hydrogens (tertiary/aromatic N) is 2. The molecule has 2 heterocycles. The third kappa shape index (κ3) is 2.02. The van der Waals surface area contributed by atoms with E-state index >= 15 is 0 Å². The zero-order valence-corrected chi connectivity index (χ0v) is 10.4. The molecule has 2 fully saturated rings. The van der Waals surface area contributed by atoms with Gasteiger partial charge in [-0.15, -0.1) is 0 Å². The maximum atomic E-state index is 11.9. The number of likely N-dealkylation sites (N-methyl/N-ethyl adjacent to an activating group) is 1. The van der Waals surface area contributed by atoms with Gasteiger partial charge in [-0.3, -0.25) is 10.1 Å². The van der Waals surface area contributed by atoms with Crippen molar-refractivity contribution in [1.29, 1.82) is 0 Å². The summed E-state index contributed by atoms with van der Waals surface area (Å²) < 4.78 is 5.04. The lowest BCUT2D eigenvalue weighted by Gasteiger charge is -2.40. The number of amides is 3. The van der Waals surface area contributed by atoms with Crippen LogP contribution in [0.1, 0.15) is 12.8 Å². The molecular formula is C11H19N3O3. The lowest BCUT2D eigenvalue weighted by Crippen LogP contribution is -2.55. The number of piperidine rings is 1. The fourth-order valence-electron chi connectivity index (χ4n) is 2.57. The summed E-state index contributed by atoms with van der Waals surface area (Å²) in [6, 6.07) is -0.277. The van der Waals surface area contributed by atoms with Gasteiger partial charge in [0.1, 0.15) is 5.54 Å². The average Bonchev–Trinajstić information content (AvgIpc) is 2.54. The topological polar surface area (TPSA) is 61.9 Å². The molecule has 0 radical (unpaired) electrons. The largest absolute Gasteiger partial charge is 0.383 e. The Bertz CT molecular complexity index is 324. The average molecular weight is 241 g/mol. The number of urea groups is 1. The van der Waals surface area contributed by atoms with E-state index in [1.165, 1.54) is 0 Å². The Balaban J connectivity index is 1.97. The van der Waals surface area contributed by atoms with E-state index in [4.69, 9.17) is 4.74 Å². The van der Waals surface area contributed by atoms with Crippen LogP contribution in [0, 0.1) is 0 Å². The highest BCUT2D eigenvalue weighted by atomic mass is 16.5. The van der Waals surface area contributed by atoms with E-state index in [1.54, 1.807) is 19.1 Å². The smallest absolute Gasteiger partial charge is 0.324 e. The summed E-state index contributed by atoms with van der Waals surface area (Å²) in [5.41, 5.74) is -0.610. The number of hydrogen-bond donors (Lipinski definition) is 1. The number of imide groups is 1. The van der Waals surface area contributed by atoms with Gasteiger partial charge in [-0.1, -0.05) is 0 Å². The predicted molar refractivity (Wildman–Crippen MR) is 61.6 cm³/mol. The second-order valence-corrected chi connectivity index (χ2v) is 4.68. The van der Waals surface area contributed by atoms with Gasteiger partial charge in [-0.05, 0) is 12.8 Å². The van der Waals surface area contributed by atoms with Gasteiger partial charge in [0.2, 0.25) is 0 Å². The minimum absolute atomic E-state index is 0.142. The third-order valence-corrected chi connectivity index (χ3v) is 3.88. The van der Waals surface area contributed by atoms with Crippen LogP contribution in [0.25, 0.3) is 0 Å². The monoisotopic (exact) mass is 241 g/mol. The Morgan fingerprint density at radius 2 is 2.00 bits per heavy atom. The number of methoxy groups -OCH3 is 1. The van der Waals surface area contributed by atoms with Crippen LogP contribution in [0.15, 0.2) is 0 Å². The molecule has 2 aliphatic heterocycles. The highest BCUT2D eigenvalue weighted by molar-refractivity contribution is 6.06. The van der Waals surface area contributed by atoms with Crippen LogP contribution in [-0.4, -0.2) is 67.7 Å². The summed E-state index contributed by atoms with van der Waals surface area (Å²) >= 11 is 0. The molecule has 2 rings (SSSR count). The van der Waals surface area contributed by atoms with E-state index < -0.39 is 5.54 Å². The van der Waals surface area contributed by atoms with Crippen molar-refractivity contribution in [2.45, 2.75) is 18.4 Å². The lowest BCUT2D eigenvalue weighted by molar-refractivity contribution is -0.128. The molecule has 2 aliphatic rings. The van der Waals surface area contributed by atoms with Crippen LogP contribution in [0.4, 0.5) is 4.79 Å². The number of carbonyl (C=O) groups is 2. The van der Waals surface area contributed by atoms with Gasteiger partial charge in [-0.2, -0.15) is 0 Å². The van der Waals surface area contributed by atoms with E-state index in [2.05, 4.69) is 10.2 Å². The normalized spacial score (nSPS) is 24.5. The molecule has 0 aromatic carbocycles. The maximum Gasteiger partial charge on any atom is 0.324 e. The molecule has 3 amide bonds. The minimum atomic E-state index is -0.610. The SMILES string of the molecule is COCCN1CCC2(CC1)C(=O)NC(=O)N2C. The molecule has 0 aromatic rings. The Morgan fingerprint density at radius 1 is 1.35 bits per heavy atom. The number of ether oxygens (including phenoxy) is 1. The first-order chi connectivity index (χ1) is 8.10. The molecule has 2 saturated heterocycles. The van der Waals surface area contributed by atoms with Gasteiger partial charge < -0.3 is 14.5 Å². The summed E-state index contributed by atoms with van der Waals surface area (Å²) in [4.78, 5) is 27.2. The standard InChI is InChI=1S/C11H19N3O3/c1-13-10(16)12-9(15)11(13)3-5-14(6-4-11)7-8-17-2/h3-8H2,1-2H3,(H,12,15,16). The molecule has 96 valence electrons. The molecule has 0 saturated carbocycles. The Kier molecular flexibility index (Phi) is 3.35. The fraction of sp³-hybridized carbons (Fsp3) is 0.818. The fourth-order valence-corrected chi connectivity index (χ4v) is 2.57. The van der Waals surface area contributed by atoms with Crippen molar-refractivity contribution in [2.75, 3.05) is 40.4 Å². The lowest BCUT2D eigenvalue weighted by atomic mass is 9.86. The first kappa shape index (κ1) is 12.3. The van der Waals surface area contributed by atoms with Gasteiger partial charge in [0, 0.05) is 33.8 Å².